The van der Waals surface area contributed by atoms with Gasteiger partial charge in [0.25, 0.3) is 0 Å². The molecule has 0 aliphatic heterocycles. The van der Waals surface area contributed by atoms with E-state index in [0.29, 0.717) is 28.5 Å². The average Bonchev–Trinajstić information content (AvgIpc) is 2.47. The molecule has 0 N–H and O–H groups in total. The molecule has 0 saturated carbocycles. The van der Waals surface area contributed by atoms with E-state index in [-0.39, 0.29) is 6.61 Å². The molecule has 4 heteroatoms. The Morgan fingerprint density at radius 3 is 1.86 bits per heavy atom. The smallest absolute Gasteiger partial charge is 0.212 e. The number of hydrogen-bond donors (Lipinski definition) is 0. The van der Waals surface area contributed by atoms with Gasteiger partial charge in [-0.15, -0.1) is 0 Å². The van der Waals surface area contributed by atoms with Gasteiger partial charge >= 0.3 is 0 Å². The van der Waals surface area contributed by atoms with Gasteiger partial charge in [0, 0.05) is 0 Å². The molecular formula is C18H29FO2Si. The van der Waals surface area contributed by atoms with Gasteiger partial charge in [0.15, 0.2) is 6.29 Å². The second-order valence-corrected chi connectivity index (χ2v) is 12.4. The molecule has 0 amide bonds. The molecule has 1 atom stereocenters. The monoisotopic (exact) mass is 324 g/mol. The molecule has 0 aliphatic rings. The van der Waals surface area contributed by atoms with Crippen molar-refractivity contribution in [3.05, 3.63) is 35.9 Å². The molecule has 0 bridgehead atoms. The van der Waals surface area contributed by atoms with Crippen LogP contribution in [0.25, 0.3) is 0 Å². The summed E-state index contributed by atoms with van der Waals surface area (Å²) < 4.78 is 21.4. The minimum Gasteiger partial charge on any atom is -0.412 e. The third-order valence-electron chi connectivity index (χ3n) is 4.68. The lowest BCUT2D eigenvalue weighted by Crippen LogP contribution is -2.50. The maximum absolute atomic E-state index is 15.1. The molecule has 0 saturated heterocycles. The number of carbonyl (C=O) groups excluding carboxylic acids is 1. The summed E-state index contributed by atoms with van der Waals surface area (Å²) in [5.74, 6) is 0. The predicted molar refractivity (Wildman–Crippen MR) is 92.3 cm³/mol. The first kappa shape index (κ1) is 19.0. The number of halogens is 1. The molecule has 1 aromatic carbocycles. The fourth-order valence-corrected chi connectivity index (χ4v) is 9.09. The zero-order valence-electron chi connectivity index (χ0n) is 14.6. The van der Waals surface area contributed by atoms with E-state index in [4.69, 9.17) is 4.43 Å². The Morgan fingerprint density at radius 1 is 1.05 bits per heavy atom. The van der Waals surface area contributed by atoms with Crippen LogP contribution in [0.1, 0.15) is 47.1 Å². The molecule has 0 spiro atoms. The summed E-state index contributed by atoms with van der Waals surface area (Å²) in [4.78, 5) is 11.4. The Hall–Kier alpha value is -1.00. The quantitative estimate of drug-likeness (QED) is 0.482. The van der Waals surface area contributed by atoms with Crippen LogP contribution in [0.4, 0.5) is 4.39 Å². The van der Waals surface area contributed by atoms with Gasteiger partial charge in [0.1, 0.15) is 0 Å². The molecule has 22 heavy (non-hydrogen) atoms. The lowest BCUT2D eigenvalue weighted by molar-refractivity contribution is -0.120. The maximum Gasteiger partial charge on any atom is 0.212 e. The van der Waals surface area contributed by atoms with E-state index in [1.807, 2.05) is 6.07 Å². The van der Waals surface area contributed by atoms with Crippen molar-refractivity contribution in [1.29, 1.82) is 0 Å². The molecule has 1 aromatic rings. The van der Waals surface area contributed by atoms with Crippen molar-refractivity contribution in [2.45, 2.75) is 63.8 Å². The van der Waals surface area contributed by atoms with Gasteiger partial charge in [-0.2, -0.15) is 0 Å². The maximum atomic E-state index is 15.1. The van der Waals surface area contributed by atoms with Gasteiger partial charge in [-0.25, -0.2) is 4.39 Å². The van der Waals surface area contributed by atoms with E-state index in [0.717, 1.165) is 0 Å². The minimum absolute atomic E-state index is 0.193. The van der Waals surface area contributed by atoms with Crippen LogP contribution in [-0.4, -0.2) is 21.2 Å². The highest BCUT2D eigenvalue weighted by atomic mass is 28.4. The molecular weight excluding hydrogens is 295 g/mol. The van der Waals surface area contributed by atoms with Crippen LogP contribution in [0.3, 0.4) is 0 Å². The minimum atomic E-state index is -2.19. The second kappa shape index (κ2) is 7.51. The Balaban J connectivity index is 3.08. The van der Waals surface area contributed by atoms with Gasteiger partial charge in [-0.3, -0.25) is 4.79 Å². The summed E-state index contributed by atoms with van der Waals surface area (Å²) >= 11 is 0. The number of carbonyl (C=O) groups is 1. The number of hydrogen-bond acceptors (Lipinski definition) is 2. The van der Waals surface area contributed by atoms with Crippen LogP contribution < -0.4 is 0 Å². The SMILES string of the molecule is CC(C)[Si](OCC(F)(C=O)c1ccccc1)(C(C)C)C(C)C. The van der Waals surface area contributed by atoms with Crippen LogP contribution in [0, 0.1) is 0 Å². The van der Waals surface area contributed by atoms with Gasteiger partial charge in [-0.05, 0) is 22.2 Å². The standard InChI is InChI=1S/C18H29FO2Si/c1-14(2)22(15(3)4,16(5)6)21-13-18(19,12-20)17-10-8-7-9-11-17/h7-12,14-16H,13H2,1-6H3. The van der Waals surface area contributed by atoms with Gasteiger partial charge in [-0.1, -0.05) is 71.9 Å². The van der Waals surface area contributed by atoms with Gasteiger partial charge < -0.3 is 4.43 Å². The van der Waals surface area contributed by atoms with Gasteiger partial charge in [0.05, 0.1) is 6.61 Å². The fourth-order valence-electron chi connectivity index (χ4n) is 3.63. The molecule has 1 rings (SSSR count). The number of benzene rings is 1. The van der Waals surface area contributed by atoms with E-state index < -0.39 is 14.0 Å². The Morgan fingerprint density at radius 2 is 1.50 bits per heavy atom. The summed E-state index contributed by atoms with van der Waals surface area (Å²) in [5.41, 5.74) is -0.625. The summed E-state index contributed by atoms with van der Waals surface area (Å²) in [6.45, 7) is 12.7. The summed E-state index contributed by atoms with van der Waals surface area (Å²) in [6.07, 6.45) is 0.377. The third kappa shape index (κ3) is 3.66. The molecule has 0 aromatic heterocycles. The first-order valence-corrected chi connectivity index (χ1v) is 10.2. The summed E-state index contributed by atoms with van der Waals surface area (Å²) in [5, 5.41) is 0. The van der Waals surface area contributed by atoms with E-state index in [1.54, 1.807) is 24.3 Å². The lowest BCUT2D eigenvalue weighted by atomic mass is 9.99. The van der Waals surface area contributed by atoms with Crippen LogP contribution in [-0.2, 0) is 14.9 Å². The van der Waals surface area contributed by atoms with Crippen LogP contribution >= 0.6 is 0 Å². The van der Waals surface area contributed by atoms with E-state index in [1.165, 1.54) is 0 Å². The Bertz CT molecular complexity index is 451. The lowest BCUT2D eigenvalue weighted by Gasteiger charge is -2.43. The molecule has 1 unspecified atom stereocenters. The van der Waals surface area contributed by atoms with Crippen LogP contribution in [0.15, 0.2) is 30.3 Å². The largest absolute Gasteiger partial charge is 0.412 e. The number of rotatable bonds is 8. The van der Waals surface area contributed by atoms with Crippen LogP contribution in [0.2, 0.25) is 16.6 Å². The fraction of sp³-hybridized carbons (Fsp3) is 0.611. The van der Waals surface area contributed by atoms with Crippen molar-refractivity contribution in [3.63, 3.8) is 0 Å². The van der Waals surface area contributed by atoms with E-state index in [9.17, 15) is 4.79 Å². The normalized spacial score (nSPS) is 15.4. The van der Waals surface area contributed by atoms with E-state index in [2.05, 4.69) is 41.5 Å². The van der Waals surface area contributed by atoms with Crippen molar-refractivity contribution in [2.75, 3.05) is 6.61 Å². The molecule has 124 valence electrons. The van der Waals surface area contributed by atoms with Crippen molar-refractivity contribution in [3.8, 4) is 0 Å². The van der Waals surface area contributed by atoms with Crippen molar-refractivity contribution in [1.82, 2.24) is 0 Å². The first-order valence-electron chi connectivity index (χ1n) is 8.05. The highest BCUT2D eigenvalue weighted by Crippen LogP contribution is 2.43. The van der Waals surface area contributed by atoms with Crippen molar-refractivity contribution in [2.24, 2.45) is 0 Å². The Kier molecular flexibility index (Phi) is 6.50. The highest BCUT2D eigenvalue weighted by Gasteiger charge is 2.47. The topological polar surface area (TPSA) is 26.3 Å². The molecule has 0 aliphatic carbocycles. The second-order valence-electron chi connectivity index (χ2n) is 6.95. The number of alkyl halides is 1. The zero-order chi connectivity index (χ0) is 17.0. The summed E-state index contributed by atoms with van der Waals surface area (Å²) in [7, 11) is -2.19. The third-order valence-corrected chi connectivity index (χ3v) is 10.7. The molecule has 2 nitrogen and oxygen atoms in total. The summed E-state index contributed by atoms with van der Waals surface area (Å²) in [6, 6.07) is 8.57. The Labute approximate surface area is 135 Å². The molecule has 0 fully saturated rings. The molecule has 0 radical (unpaired) electrons. The predicted octanol–water partition coefficient (Wildman–Crippen LogP) is 5.24. The van der Waals surface area contributed by atoms with Crippen LogP contribution in [0.5, 0.6) is 0 Å². The van der Waals surface area contributed by atoms with Crippen molar-refractivity contribution >= 4 is 14.6 Å². The highest BCUT2D eigenvalue weighted by molar-refractivity contribution is 6.77. The average molecular weight is 325 g/mol. The van der Waals surface area contributed by atoms with E-state index >= 15 is 4.39 Å². The van der Waals surface area contributed by atoms with Gasteiger partial charge in [0.2, 0.25) is 14.0 Å². The van der Waals surface area contributed by atoms with Crippen molar-refractivity contribution < 1.29 is 13.6 Å². The zero-order valence-corrected chi connectivity index (χ0v) is 15.6. The first-order chi connectivity index (χ1) is 10.2. The molecule has 0 heterocycles. The number of aldehydes is 1.